The van der Waals surface area contributed by atoms with E-state index in [1.54, 1.807) is 30.0 Å². The van der Waals surface area contributed by atoms with Crippen molar-refractivity contribution in [1.82, 2.24) is 4.98 Å². The molecular formula is C23H19FN5S+. The average molecular weight is 417 g/mol. The number of hydrogen-bond donors (Lipinski definition) is 0. The van der Waals surface area contributed by atoms with Crippen LogP contribution >= 0.6 is 11.3 Å². The van der Waals surface area contributed by atoms with E-state index in [2.05, 4.69) is 15.0 Å². The minimum atomic E-state index is -0.291. The number of rotatable bonds is 4. The fraction of sp³-hybridized carbons (Fsp3) is 0.174. The summed E-state index contributed by atoms with van der Waals surface area (Å²) in [5.41, 5.74) is 2.65. The number of nitrogens with zero attached hydrogens (tertiary/aromatic N) is 5. The largest absolute Gasteiger partial charge is 0.253 e. The van der Waals surface area contributed by atoms with Crippen molar-refractivity contribution in [1.29, 1.82) is 0 Å². The summed E-state index contributed by atoms with van der Waals surface area (Å²) in [7, 11) is 0. The zero-order chi connectivity index (χ0) is 20.1. The van der Waals surface area contributed by atoms with Crippen molar-refractivity contribution in [3.05, 3.63) is 71.9 Å². The van der Waals surface area contributed by atoms with E-state index in [0.717, 1.165) is 40.9 Å². The zero-order valence-corrected chi connectivity index (χ0v) is 17.0. The predicted molar refractivity (Wildman–Crippen MR) is 120 cm³/mol. The lowest BCUT2D eigenvalue weighted by atomic mass is 9.91. The smallest absolute Gasteiger partial charge is 0.225 e. The monoisotopic (exact) mass is 416 g/mol. The molecule has 148 valence electrons. The first-order chi connectivity index (χ1) is 14.8. The molecule has 0 saturated heterocycles. The van der Waals surface area contributed by atoms with Gasteiger partial charge in [0, 0.05) is 5.39 Å². The summed E-state index contributed by atoms with van der Waals surface area (Å²) in [5, 5.41) is 4.93. The third kappa shape index (κ3) is 2.52. The third-order valence-electron chi connectivity index (χ3n) is 6.03. The molecule has 0 bridgehead atoms. The maximum Gasteiger partial charge on any atom is 0.225 e. The molecule has 1 unspecified atom stereocenters. The summed E-state index contributed by atoms with van der Waals surface area (Å²) >= 11 is 1.61. The predicted octanol–water partition coefficient (Wildman–Crippen LogP) is 5.63. The number of aromatic nitrogens is 1. The van der Waals surface area contributed by atoms with Gasteiger partial charge in [-0.15, -0.1) is 15.9 Å². The summed E-state index contributed by atoms with van der Waals surface area (Å²) in [6.45, 7) is 0. The van der Waals surface area contributed by atoms with Crippen LogP contribution < -0.4 is 5.01 Å². The van der Waals surface area contributed by atoms with Crippen LogP contribution in [-0.4, -0.2) is 28.2 Å². The van der Waals surface area contributed by atoms with Crippen LogP contribution in [0.5, 0.6) is 0 Å². The Labute approximate surface area is 177 Å². The van der Waals surface area contributed by atoms with Crippen LogP contribution in [0, 0.1) is 5.82 Å². The lowest BCUT2D eigenvalue weighted by Gasteiger charge is -2.46. The quantitative estimate of drug-likeness (QED) is 0.517. The van der Waals surface area contributed by atoms with Crippen molar-refractivity contribution in [3.63, 3.8) is 0 Å². The van der Waals surface area contributed by atoms with E-state index in [9.17, 15) is 0 Å². The molecule has 4 heterocycles. The van der Waals surface area contributed by atoms with Gasteiger partial charge in [0.1, 0.15) is 11.2 Å². The molecule has 0 N–H and O–H groups in total. The minimum Gasteiger partial charge on any atom is -0.253 e. The number of benzene rings is 1. The Morgan fingerprint density at radius 3 is 2.80 bits per heavy atom. The Bertz CT molecular complexity index is 1260. The number of thiophene rings is 1. The summed E-state index contributed by atoms with van der Waals surface area (Å²) in [5.74, 6) is -0.291. The van der Waals surface area contributed by atoms with Crippen LogP contribution in [0.2, 0.25) is 0 Å². The van der Waals surface area contributed by atoms with Crippen LogP contribution in [0.3, 0.4) is 0 Å². The zero-order valence-electron chi connectivity index (χ0n) is 16.1. The normalized spacial score (nSPS) is 22.2. The van der Waals surface area contributed by atoms with Crippen molar-refractivity contribution < 1.29 is 8.98 Å². The van der Waals surface area contributed by atoms with E-state index < -0.39 is 0 Å². The van der Waals surface area contributed by atoms with Gasteiger partial charge in [0.25, 0.3) is 0 Å². The van der Waals surface area contributed by atoms with E-state index >= 15 is 4.39 Å². The van der Waals surface area contributed by atoms with Crippen LogP contribution in [0.1, 0.15) is 19.3 Å². The van der Waals surface area contributed by atoms with Crippen molar-refractivity contribution >= 4 is 40.5 Å². The molecule has 7 heteroatoms. The number of allylic oxidation sites excluding steroid dienone is 1. The molecule has 5 nitrogen and oxygen atoms in total. The SMILES string of the molecule is Fc1c(N(C2CCC2)[N+]23C=CN=CC2=CN=C3)ccc2ccc(-c3cccs3)nc12. The number of aliphatic imine (C=N–C) groups is 2. The fourth-order valence-electron chi connectivity index (χ4n) is 4.29. The van der Waals surface area contributed by atoms with Gasteiger partial charge in [-0.1, -0.05) is 18.2 Å². The standard InChI is InChI=1S/C23H19FN5S/c24-22-20(9-7-16-6-8-19(27-23(16)22)21-5-2-12-30-21)28(17-3-1-4-17)29-11-10-25-13-18(29)14-26-15-29/h2,5-15,17H,1,3-4H2/q+1. The van der Waals surface area contributed by atoms with Gasteiger partial charge in [0.15, 0.2) is 12.0 Å². The Balaban J connectivity index is 1.54. The molecule has 2 aromatic heterocycles. The van der Waals surface area contributed by atoms with Gasteiger partial charge in [-0.3, -0.25) is 4.99 Å². The molecule has 30 heavy (non-hydrogen) atoms. The van der Waals surface area contributed by atoms with Gasteiger partial charge in [-0.2, -0.15) is 0 Å². The van der Waals surface area contributed by atoms with Crippen molar-refractivity contribution in [2.75, 3.05) is 5.01 Å². The first kappa shape index (κ1) is 17.7. The molecular weight excluding hydrogens is 397 g/mol. The molecule has 3 aliphatic rings. The number of quaternary nitrogens is 1. The average Bonchev–Trinajstić information content (AvgIpc) is 3.41. The van der Waals surface area contributed by atoms with E-state index in [0.29, 0.717) is 11.2 Å². The van der Waals surface area contributed by atoms with Gasteiger partial charge >= 0.3 is 0 Å². The molecule has 3 aromatic rings. The van der Waals surface area contributed by atoms with Crippen LogP contribution in [-0.2, 0) is 0 Å². The maximum atomic E-state index is 16.0. The van der Waals surface area contributed by atoms with E-state index in [4.69, 9.17) is 4.98 Å². The molecule has 0 spiro atoms. The van der Waals surface area contributed by atoms with Gasteiger partial charge in [0.2, 0.25) is 12.0 Å². The fourth-order valence-corrected chi connectivity index (χ4v) is 4.99. The van der Waals surface area contributed by atoms with E-state index in [-0.39, 0.29) is 16.5 Å². The summed E-state index contributed by atoms with van der Waals surface area (Å²) in [4.78, 5) is 14.4. The molecule has 1 saturated carbocycles. The van der Waals surface area contributed by atoms with Crippen LogP contribution in [0.25, 0.3) is 21.5 Å². The molecule has 6 rings (SSSR count). The first-order valence-electron chi connectivity index (χ1n) is 10.0. The molecule has 0 radical (unpaired) electrons. The number of anilines is 1. The number of pyridine rings is 1. The molecule has 2 aliphatic heterocycles. The highest BCUT2D eigenvalue weighted by Gasteiger charge is 2.47. The highest BCUT2D eigenvalue weighted by atomic mass is 32.1. The Morgan fingerprint density at radius 1 is 1.10 bits per heavy atom. The Morgan fingerprint density at radius 2 is 2.00 bits per heavy atom. The molecule has 1 aliphatic carbocycles. The minimum absolute atomic E-state index is 0.224. The molecule has 0 amide bonds. The van der Waals surface area contributed by atoms with Gasteiger partial charge in [0.05, 0.1) is 35.2 Å². The summed E-state index contributed by atoms with van der Waals surface area (Å²) in [6.07, 6.45) is 12.3. The Kier molecular flexibility index (Phi) is 3.94. The lowest BCUT2D eigenvalue weighted by molar-refractivity contribution is -0.746. The second-order valence-corrected chi connectivity index (χ2v) is 8.65. The second-order valence-electron chi connectivity index (χ2n) is 7.71. The number of hydrogen-bond acceptors (Lipinski definition) is 5. The molecule has 1 fully saturated rings. The number of halogens is 1. The topological polar surface area (TPSA) is 40.9 Å². The van der Waals surface area contributed by atoms with Crippen LogP contribution in [0.15, 0.2) is 76.1 Å². The molecule has 1 atom stereocenters. The second kappa shape index (κ2) is 6.68. The molecule has 1 aromatic carbocycles. The third-order valence-corrected chi connectivity index (χ3v) is 6.92. The van der Waals surface area contributed by atoms with Crippen molar-refractivity contribution in [3.8, 4) is 10.6 Å². The van der Waals surface area contributed by atoms with E-state index in [1.165, 1.54) is 0 Å². The highest BCUT2D eigenvalue weighted by molar-refractivity contribution is 7.13. The first-order valence-corrected chi connectivity index (χ1v) is 10.9. The van der Waals surface area contributed by atoms with Gasteiger partial charge < -0.3 is 0 Å². The number of fused-ring (bicyclic) bond motifs is 2. The van der Waals surface area contributed by atoms with Crippen molar-refractivity contribution in [2.45, 2.75) is 25.3 Å². The maximum absolute atomic E-state index is 16.0. The summed E-state index contributed by atoms with van der Waals surface area (Å²) < 4.78 is 16.3. The lowest BCUT2D eigenvalue weighted by Crippen LogP contribution is -2.61. The van der Waals surface area contributed by atoms with Crippen molar-refractivity contribution in [2.24, 2.45) is 9.98 Å². The Hall–Kier alpha value is -3.16. The highest BCUT2D eigenvalue weighted by Crippen LogP contribution is 2.41. The van der Waals surface area contributed by atoms with Crippen LogP contribution in [0.4, 0.5) is 10.1 Å². The summed E-state index contributed by atoms with van der Waals surface area (Å²) in [6, 6.07) is 12.0. The van der Waals surface area contributed by atoms with E-state index in [1.807, 2.05) is 54.3 Å². The van der Waals surface area contributed by atoms with Gasteiger partial charge in [-0.25, -0.2) is 19.4 Å². The van der Waals surface area contributed by atoms with Gasteiger partial charge in [-0.05, 0) is 42.8 Å².